The predicted octanol–water partition coefficient (Wildman–Crippen LogP) is 4.85. The van der Waals surface area contributed by atoms with Gasteiger partial charge < -0.3 is 14.8 Å². The van der Waals surface area contributed by atoms with Crippen LogP contribution in [0.4, 0.5) is 25.2 Å². The van der Waals surface area contributed by atoms with Crippen LogP contribution in [0.25, 0.3) is 11.3 Å². The van der Waals surface area contributed by atoms with Crippen LogP contribution in [0, 0.1) is 11.6 Å². The molecule has 0 spiro atoms. The van der Waals surface area contributed by atoms with Crippen molar-refractivity contribution in [3.05, 3.63) is 65.4 Å². The first-order valence-corrected chi connectivity index (χ1v) is 12.5. The van der Waals surface area contributed by atoms with Crippen LogP contribution in [-0.2, 0) is 26.6 Å². The molecule has 0 saturated carbocycles. The molecule has 0 saturated heterocycles. The number of carbonyl (C=O) groups excluding carboxylic acids is 1. The first-order valence-electron chi connectivity index (χ1n) is 10.5. The molecule has 1 aromatic heterocycles. The van der Waals surface area contributed by atoms with Gasteiger partial charge >= 0.3 is 6.09 Å². The number of rotatable bonds is 6. The van der Waals surface area contributed by atoms with Crippen LogP contribution in [0.1, 0.15) is 18.1 Å². The maximum absolute atomic E-state index is 14.6. The van der Waals surface area contributed by atoms with E-state index in [0.29, 0.717) is 35.4 Å². The van der Waals surface area contributed by atoms with Crippen LogP contribution >= 0.6 is 0 Å². The van der Waals surface area contributed by atoms with Gasteiger partial charge in [-0.15, -0.1) is 4.36 Å². The van der Waals surface area contributed by atoms with E-state index < -0.39 is 27.5 Å². The van der Waals surface area contributed by atoms with Crippen molar-refractivity contribution in [3.8, 4) is 17.0 Å². The van der Waals surface area contributed by atoms with Crippen molar-refractivity contribution in [1.29, 1.82) is 0 Å². The number of benzene rings is 2. The maximum atomic E-state index is 14.6. The van der Waals surface area contributed by atoms with Crippen LogP contribution in [0.5, 0.6) is 5.75 Å². The fraction of sp³-hybridized carbons (Fsp3) is 0.261. The number of hydrogen-bond acceptors (Lipinski definition) is 7. The predicted molar refractivity (Wildman–Crippen MR) is 124 cm³/mol. The zero-order valence-electron chi connectivity index (χ0n) is 18.5. The monoisotopic (exact) mass is 488 g/mol. The van der Waals surface area contributed by atoms with Gasteiger partial charge in [-0.25, -0.2) is 27.8 Å². The minimum absolute atomic E-state index is 0.0170. The minimum Gasteiger partial charge on any atom is -0.492 e. The van der Waals surface area contributed by atoms with Crippen molar-refractivity contribution >= 4 is 27.5 Å². The highest BCUT2D eigenvalue weighted by Gasteiger charge is 2.24. The highest BCUT2D eigenvalue weighted by Crippen LogP contribution is 2.38. The van der Waals surface area contributed by atoms with Gasteiger partial charge in [-0.3, -0.25) is 0 Å². The average Bonchev–Trinajstić information content (AvgIpc) is 3.26. The normalized spacial score (nSPS) is 14.0. The fourth-order valence-corrected chi connectivity index (χ4v) is 4.81. The van der Waals surface area contributed by atoms with Crippen LogP contribution < -0.4 is 10.1 Å². The highest BCUT2D eigenvalue weighted by atomic mass is 32.2. The molecule has 8 nitrogen and oxygen atoms in total. The van der Waals surface area contributed by atoms with Gasteiger partial charge in [0.25, 0.3) is 0 Å². The van der Waals surface area contributed by atoms with Gasteiger partial charge in [0.05, 0.1) is 34.9 Å². The molecular formula is C23H22F2N4O4S. The molecule has 1 unspecified atom stereocenters. The van der Waals surface area contributed by atoms with Gasteiger partial charge in [-0.05, 0) is 36.8 Å². The van der Waals surface area contributed by atoms with Crippen molar-refractivity contribution in [2.24, 2.45) is 4.36 Å². The summed E-state index contributed by atoms with van der Waals surface area (Å²) in [5, 5.41) is 2.99. The Hall–Kier alpha value is -3.60. The zero-order chi connectivity index (χ0) is 24.3. The third kappa shape index (κ3) is 5.30. The molecule has 1 N–H and O–H groups in total. The second-order valence-corrected chi connectivity index (χ2v) is 10.0. The van der Waals surface area contributed by atoms with Crippen molar-refractivity contribution < 1.29 is 27.3 Å². The van der Waals surface area contributed by atoms with E-state index in [1.807, 2.05) is 0 Å². The topological polar surface area (TPSA) is 103 Å². The Labute approximate surface area is 195 Å². The van der Waals surface area contributed by atoms with Crippen molar-refractivity contribution in [1.82, 2.24) is 9.97 Å². The third-order valence-electron chi connectivity index (χ3n) is 4.95. The van der Waals surface area contributed by atoms with Gasteiger partial charge in [0.15, 0.2) is 5.82 Å². The number of carbonyl (C=O) groups is 1. The van der Waals surface area contributed by atoms with Crippen LogP contribution in [-0.4, -0.2) is 39.7 Å². The summed E-state index contributed by atoms with van der Waals surface area (Å²) in [7, 11) is -2.86. The van der Waals surface area contributed by atoms with E-state index in [1.165, 1.54) is 18.4 Å². The molecule has 1 aliphatic rings. The molecule has 4 rings (SSSR count). The Bertz CT molecular complexity index is 1370. The molecule has 34 heavy (non-hydrogen) atoms. The summed E-state index contributed by atoms with van der Waals surface area (Å²) < 4.78 is 55.2. The van der Waals surface area contributed by atoms with Gasteiger partial charge in [0.1, 0.15) is 17.3 Å². The Morgan fingerprint density at radius 3 is 2.88 bits per heavy atom. The van der Waals surface area contributed by atoms with E-state index in [4.69, 9.17) is 9.47 Å². The third-order valence-corrected chi connectivity index (χ3v) is 6.36. The molecule has 0 aliphatic carbocycles. The molecule has 0 fully saturated rings. The summed E-state index contributed by atoms with van der Waals surface area (Å²) in [5.41, 5.74) is 1.93. The molecule has 1 amide bonds. The molecule has 1 atom stereocenters. The number of aromatic nitrogens is 2. The van der Waals surface area contributed by atoms with Crippen molar-refractivity contribution in [2.75, 3.05) is 24.8 Å². The van der Waals surface area contributed by atoms with Gasteiger partial charge in [-0.1, -0.05) is 12.1 Å². The number of nitrogens with zero attached hydrogens (tertiary/aromatic N) is 3. The minimum atomic E-state index is -2.86. The molecule has 3 aromatic rings. The van der Waals surface area contributed by atoms with E-state index in [2.05, 4.69) is 19.6 Å². The number of halogens is 2. The van der Waals surface area contributed by atoms with Crippen molar-refractivity contribution in [2.45, 2.75) is 19.1 Å². The van der Waals surface area contributed by atoms with Crippen molar-refractivity contribution in [3.63, 3.8) is 0 Å². The lowest BCUT2D eigenvalue weighted by molar-refractivity contribution is 0.164. The van der Waals surface area contributed by atoms with Gasteiger partial charge in [0.2, 0.25) is 5.95 Å². The largest absolute Gasteiger partial charge is 0.492 e. The number of amides is 1. The smallest absolute Gasteiger partial charge is 0.441 e. The van der Waals surface area contributed by atoms with Gasteiger partial charge in [0, 0.05) is 29.5 Å². The summed E-state index contributed by atoms with van der Waals surface area (Å²) in [6.07, 6.45) is 1.94. The average molecular weight is 489 g/mol. The first kappa shape index (κ1) is 23.6. The van der Waals surface area contributed by atoms with Crippen LogP contribution in [0.15, 0.2) is 47.0 Å². The molecular weight excluding hydrogens is 466 g/mol. The summed E-state index contributed by atoms with van der Waals surface area (Å²) in [5.74, 6) is -0.653. The Balaban J connectivity index is 1.59. The van der Waals surface area contributed by atoms with E-state index >= 15 is 0 Å². The Kier molecular flexibility index (Phi) is 6.73. The van der Waals surface area contributed by atoms with Crippen LogP contribution in [0.3, 0.4) is 0 Å². The lowest BCUT2D eigenvalue weighted by atomic mass is 10.0. The molecule has 0 radical (unpaired) electrons. The Morgan fingerprint density at radius 1 is 1.26 bits per heavy atom. The van der Waals surface area contributed by atoms with E-state index in [1.54, 1.807) is 31.2 Å². The molecule has 1 aliphatic heterocycles. The molecule has 2 heterocycles. The maximum Gasteiger partial charge on any atom is 0.441 e. The van der Waals surface area contributed by atoms with Crippen LogP contribution in [0.2, 0.25) is 0 Å². The van der Waals surface area contributed by atoms with Gasteiger partial charge in [-0.2, -0.15) is 0 Å². The first-order chi connectivity index (χ1) is 16.3. The molecule has 11 heteroatoms. The Morgan fingerprint density at radius 2 is 2.09 bits per heavy atom. The zero-order valence-corrected chi connectivity index (χ0v) is 19.3. The summed E-state index contributed by atoms with van der Waals surface area (Å²) in [6.45, 7) is 2.10. The molecule has 0 bridgehead atoms. The molecule has 178 valence electrons. The van der Waals surface area contributed by atoms with E-state index in [-0.39, 0.29) is 29.8 Å². The summed E-state index contributed by atoms with van der Waals surface area (Å²) >= 11 is 0. The highest BCUT2D eigenvalue weighted by molar-refractivity contribution is 7.92. The lowest BCUT2D eigenvalue weighted by Crippen LogP contribution is -2.07. The standard InChI is InChI=1S/C23H22F2N4O4S/c1-3-32-23(30)29-34(2,31)13-14-5-4-6-15(11-14)27-22-26-12-19(25)20(28-22)17-7-8-18(24)16-9-10-33-21(16)17/h4-8,11-12H,3,9-10,13H2,1-2H3,(H,26,27,28). The number of anilines is 2. The number of nitrogens with one attached hydrogen (secondary N) is 1. The molecule has 2 aromatic carbocycles. The number of fused-ring (bicyclic) bond motifs is 1. The fourth-order valence-electron chi connectivity index (χ4n) is 3.58. The number of ether oxygens (including phenoxy) is 2. The summed E-state index contributed by atoms with van der Waals surface area (Å²) in [4.78, 5) is 19.8. The second kappa shape index (κ2) is 9.72. The number of hydrogen-bond donors (Lipinski definition) is 1. The quantitative estimate of drug-likeness (QED) is 0.529. The SMILES string of the molecule is CCOC(=O)N=S(C)(=O)Cc1cccc(Nc2ncc(F)c(-c3ccc(F)c4c3OCC4)n2)c1. The summed E-state index contributed by atoms with van der Waals surface area (Å²) in [6, 6.07) is 9.60. The van der Waals surface area contributed by atoms with E-state index in [0.717, 1.165) is 6.20 Å². The second-order valence-electron chi connectivity index (χ2n) is 7.61. The van der Waals surface area contributed by atoms with E-state index in [9.17, 15) is 17.8 Å². The lowest BCUT2D eigenvalue weighted by Gasteiger charge is -2.12.